The molecule has 2 aliphatic rings. The van der Waals surface area contributed by atoms with Gasteiger partial charge in [0.15, 0.2) is 0 Å². The maximum absolute atomic E-state index is 12.9. The molecule has 7 heteroatoms. The summed E-state index contributed by atoms with van der Waals surface area (Å²) in [4.78, 5) is 38.4. The number of carboxylic acid groups (broad SMARTS) is 1. The Morgan fingerprint density at radius 3 is 2.34 bits per heavy atom. The summed E-state index contributed by atoms with van der Waals surface area (Å²) in [7, 11) is 0. The van der Waals surface area contributed by atoms with Crippen molar-refractivity contribution in [2.75, 3.05) is 19.7 Å². The van der Waals surface area contributed by atoms with Crippen molar-refractivity contribution in [3.63, 3.8) is 0 Å². The summed E-state index contributed by atoms with van der Waals surface area (Å²) in [5.41, 5.74) is 4.72. The molecule has 1 saturated heterocycles. The second-order valence-electron chi connectivity index (χ2n) is 9.65. The molecule has 2 amide bonds. The van der Waals surface area contributed by atoms with Gasteiger partial charge >= 0.3 is 12.1 Å². The SMILES string of the molecule is CC(CCCNC(=O)OCC1c2ccccc2-c2ccccc21)C(=O)N1CCC[C@H](C(=O)O)[C@@H]1C. The van der Waals surface area contributed by atoms with Crippen LogP contribution in [0.2, 0.25) is 0 Å². The number of fused-ring (bicyclic) bond motifs is 3. The van der Waals surface area contributed by atoms with E-state index in [4.69, 9.17) is 4.74 Å². The Balaban J connectivity index is 1.21. The number of ether oxygens (including phenoxy) is 1. The lowest BCUT2D eigenvalue weighted by molar-refractivity contribution is -0.150. The van der Waals surface area contributed by atoms with Gasteiger partial charge in [0, 0.05) is 31.0 Å². The smallest absolute Gasteiger partial charge is 0.407 e. The second-order valence-corrected chi connectivity index (χ2v) is 9.65. The highest BCUT2D eigenvalue weighted by Crippen LogP contribution is 2.44. The first-order chi connectivity index (χ1) is 16.9. The van der Waals surface area contributed by atoms with Crippen LogP contribution in [0, 0.1) is 11.8 Å². The van der Waals surface area contributed by atoms with Gasteiger partial charge in [-0.3, -0.25) is 9.59 Å². The third-order valence-electron chi connectivity index (χ3n) is 7.44. The van der Waals surface area contributed by atoms with E-state index in [0.717, 1.165) is 0 Å². The Kier molecular flexibility index (Phi) is 7.73. The van der Waals surface area contributed by atoms with E-state index in [-0.39, 0.29) is 30.4 Å². The predicted molar refractivity (Wildman–Crippen MR) is 133 cm³/mol. The average Bonchev–Trinajstić information content (AvgIpc) is 3.18. The summed E-state index contributed by atoms with van der Waals surface area (Å²) < 4.78 is 5.56. The molecule has 2 aromatic rings. The van der Waals surface area contributed by atoms with Gasteiger partial charge in [0.25, 0.3) is 0 Å². The van der Waals surface area contributed by atoms with Crippen molar-refractivity contribution in [3.05, 3.63) is 59.7 Å². The van der Waals surface area contributed by atoms with Gasteiger partial charge in [0.05, 0.1) is 5.92 Å². The van der Waals surface area contributed by atoms with Crippen molar-refractivity contribution in [2.24, 2.45) is 11.8 Å². The predicted octanol–water partition coefficient (Wildman–Crippen LogP) is 4.65. The summed E-state index contributed by atoms with van der Waals surface area (Å²) in [6.45, 7) is 4.98. The number of benzene rings is 2. The van der Waals surface area contributed by atoms with Gasteiger partial charge in [-0.05, 0) is 54.9 Å². The van der Waals surface area contributed by atoms with Crippen molar-refractivity contribution in [2.45, 2.75) is 51.5 Å². The molecule has 0 radical (unpaired) electrons. The van der Waals surface area contributed by atoms with Crippen LogP contribution >= 0.6 is 0 Å². The van der Waals surface area contributed by atoms with Crippen LogP contribution in [-0.4, -0.2) is 53.7 Å². The maximum Gasteiger partial charge on any atom is 0.407 e. The number of nitrogens with one attached hydrogen (secondary N) is 1. The fourth-order valence-corrected chi connectivity index (χ4v) is 5.44. The number of carboxylic acids is 1. The number of piperidine rings is 1. The number of aliphatic carboxylic acids is 1. The number of amides is 2. The van der Waals surface area contributed by atoms with Crippen LogP contribution in [0.1, 0.15) is 56.6 Å². The van der Waals surface area contributed by atoms with E-state index in [0.29, 0.717) is 38.8 Å². The monoisotopic (exact) mass is 478 g/mol. The lowest BCUT2D eigenvalue weighted by Gasteiger charge is -2.38. The Bertz CT molecular complexity index is 1040. The lowest BCUT2D eigenvalue weighted by atomic mass is 9.89. The zero-order valence-corrected chi connectivity index (χ0v) is 20.4. The molecule has 0 bridgehead atoms. The summed E-state index contributed by atoms with van der Waals surface area (Å²) >= 11 is 0. The number of hydrogen-bond acceptors (Lipinski definition) is 4. The standard InChI is InChI=1S/C28H34N2O5/c1-18(26(31)30-16-8-14-20(19(30)2)27(32)33)9-7-15-29-28(34)35-17-25-23-12-5-3-10-21(23)22-11-4-6-13-24(22)25/h3-6,10-13,18-20,25H,7-9,14-17H2,1-2H3,(H,29,34)(H,32,33)/t18?,19-,20-/m0/s1. The zero-order chi connectivity index (χ0) is 24.9. The topological polar surface area (TPSA) is 95.9 Å². The Labute approximate surface area is 206 Å². The molecule has 0 spiro atoms. The number of hydrogen-bond donors (Lipinski definition) is 2. The Hall–Kier alpha value is -3.35. The molecule has 186 valence electrons. The van der Waals surface area contributed by atoms with Gasteiger partial charge in [-0.1, -0.05) is 55.5 Å². The first kappa shape index (κ1) is 24.8. The van der Waals surface area contributed by atoms with Gasteiger partial charge in [-0.2, -0.15) is 0 Å². The fraction of sp³-hybridized carbons (Fsp3) is 0.464. The van der Waals surface area contributed by atoms with Crippen LogP contribution in [0.3, 0.4) is 0 Å². The number of nitrogens with zero attached hydrogens (tertiary/aromatic N) is 1. The van der Waals surface area contributed by atoms with Crippen molar-refractivity contribution < 1.29 is 24.2 Å². The van der Waals surface area contributed by atoms with E-state index in [1.54, 1.807) is 4.90 Å². The third-order valence-corrected chi connectivity index (χ3v) is 7.44. The van der Waals surface area contributed by atoms with Crippen LogP contribution < -0.4 is 5.32 Å². The molecule has 0 saturated carbocycles. The van der Waals surface area contributed by atoms with Gasteiger partial charge in [-0.25, -0.2) is 4.79 Å². The Morgan fingerprint density at radius 1 is 1.09 bits per heavy atom. The molecule has 7 nitrogen and oxygen atoms in total. The first-order valence-electron chi connectivity index (χ1n) is 12.5. The zero-order valence-electron chi connectivity index (χ0n) is 20.4. The quantitative estimate of drug-likeness (QED) is 0.539. The van der Waals surface area contributed by atoms with E-state index in [1.165, 1.54) is 22.3 Å². The van der Waals surface area contributed by atoms with Gasteiger partial charge < -0.3 is 20.1 Å². The molecular weight excluding hydrogens is 444 g/mol. The molecule has 1 fully saturated rings. The van der Waals surface area contributed by atoms with Crippen molar-refractivity contribution >= 4 is 18.0 Å². The largest absolute Gasteiger partial charge is 0.481 e. The number of rotatable bonds is 8. The van der Waals surface area contributed by atoms with Crippen LogP contribution in [0.4, 0.5) is 4.79 Å². The molecule has 1 heterocycles. The van der Waals surface area contributed by atoms with E-state index < -0.39 is 18.0 Å². The minimum Gasteiger partial charge on any atom is -0.481 e. The number of carbonyl (C=O) groups is 3. The lowest BCUT2D eigenvalue weighted by Crippen LogP contribution is -2.50. The van der Waals surface area contributed by atoms with Gasteiger partial charge in [-0.15, -0.1) is 0 Å². The fourth-order valence-electron chi connectivity index (χ4n) is 5.44. The molecule has 1 aliphatic carbocycles. The molecule has 1 aliphatic heterocycles. The molecular formula is C28H34N2O5. The van der Waals surface area contributed by atoms with Crippen LogP contribution in [0.25, 0.3) is 11.1 Å². The molecule has 2 aromatic carbocycles. The molecule has 35 heavy (non-hydrogen) atoms. The molecule has 0 aromatic heterocycles. The van der Waals surface area contributed by atoms with Crippen LogP contribution in [-0.2, 0) is 14.3 Å². The highest BCUT2D eigenvalue weighted by atomic mass is 16.5. The van der Waals surface area contributed by atoms with E-state index in [1.807, 2.05) is 38.1 Å². The number of alkyl carbamates (subject to hydrolysis) is 1. The minimum absolute atomic E-state index is 0.00964. The average molecular weight is 479 g/mol. The van der Waals surface area contributed by atoms with Gasteiger partial charge in [0.1, 0.15) is 6.61 Å². The van der Waals surface area contributed by atoms with Gasteiger partial charge in [0.2, 0.25) is 5.91 Å². The number of carbonyl (C=O) groups excluding carboxylic acids is 2. The highest BCUT2D eigenvalue weighted by Gasteiger charge is 2.36. The second kappa shape index (κ2) is 10.9. The number of likely N-dealkylation sites (tertiary alicyclic amines) is 1. The third kappa shape index (κ3) is 5.34. The minimum atomic E-state index is -0.838. The van der Waals surface area contributed by atoms with Crippen molar-refractivity contribution in [1.82, 2.24) is 10.2 Å². The van der Waals surface area contributed by atoms with Crippen molar-refractivity contribution in [3.8, 4) is 11.1 Å². The molecule has 2 N–H and O–H groups in total. The molecule has 4 rings (SSSR count). The van der Waals surface area contributed by atoms with E-state index in [9.17, 15) is 19.5 Å². The summed E-state index contributed by atoms with van der Waals surface area (Å²) in [6.07, 6.45) is 2.12. The van der Waals surface area contributed by atoms with Crippen LogP contribution in [0.15, 0.2) is 48.5 Å². The van der Waals surface area contributed by atoms with Crippen molar-refractivity contribution in [1.29, 1.82) is 0 Å². The van der Waals surface area contributed by atoms with Crippen LogP contribution in [0.5, 0.6) is 0 Å². The molecule has 1 unspecified atom stereocenters. The van der Waals surface area contributed by atoms with E-state index in [2.05, 4.69) is 29.6 Å². The normalized spacial score (nSPS) is 20.0. The summed E-state index contributed by atoms with van der Waals surface area (Å²) in [5, 5.41) is 12.2. The Morgan fingerprint density at radius 2 is 1.71 bits per heavy atom. The maximum atomic E-state index is 12.9. The first-order valence-corrected chi connectivity index (χ1v) is 12.5. The van der Waals surface area contributed by atoms with E-state index >= 15 is 0 Å². The highest BCUT2D eigenvalue weighted by molar-refractivity contribution is 5.81. The summed E-state index contributed by atoms with van der Waals surface area (Å²) in [6, 6.07) is 16.1. The summed E-state index contributed by atoms with van der Waals surface area (Å²) in [5.74, 6) is -1.56. The molecule has 3 atom stereocenters.